The number of methoxy groups -OCH3 is 1. The standard InChI is InChI=1S/C9H17NO3.ClH/c1-13-9(12)8(10)6-2-4-7(11)5-3-6;/h6-8,11H,2-5,10H2,1H3;1H. The molecule has 14 heavy (non-hydrogen) atoms. The van der Waals surface area contributed by atoms with Gasteiger partial charge < -0.3 is 15.6 Å². The van der Waals surface area contributed by atoms with Crippen LogP contribution in [0.3, 0.4) is 0 Å². The van der Waals surface area contributed by atoms with E-state index in [0.29, 0.717) is 0 Å². The van der Waals surface area contributed by atoms with E-state index in [-0.39, 0.29) is 30.4 Å². The number of esters is 1. The molecule has 0 bridgehead atoms. The highest BCUT2D eigenvalue weighted by Crippen LogP contribution is 2.26. The lowest BCUT2D eigenvalue weighted by molar-refractivity contribution is -0.144. The average molecular weight is 224 g/mol. The van der Waals surface area contributed by atoms with E-state index in [1.807, 2.05) is 0 Å². The Bertz CT molecular complexity index is 181. The van der Waals surface area contributed by atoms with Crippen molar-refractivity contribution in [3.8, 4) is 0 Å². The lowest BCUT2D eigenvalue weighted by Crippen LogP contribution is -2.41. The number of ether oxygens (including phenoxy) is 1. The second kappa shape index (κ2) is 6.22. The monoisotopic (exact) mass is 223 g/mol. The van der Waals surface area contributed by atoms with E-state index in [4.69, 9.17) is 5.73 Å². The summed E-state index contributed by atoms with van der Waals surface area (Å²) in [6, 6.07) is -0.516. The number of hydrogen-bond acceptors (Lipinski definition) is 4. The molecule has 0 aromatic rings. The SMILES string of the molecule is COC(=O)C(N)C1CCC(O)CC1.Cl. The zero-order valence-corrected chi connectivity index (χ0v) is 9.13. The minimum atomic E-state index is -0.516. The summed E-state index contributed by atoms with van der Waals surface area (Å²) >= 11 is 0. The van der Waals surface area contributed by atoms with Crippen LogP contribution in [0.25, 0.3) is 0 Å². The van der Waals surface area contributed by atoms with Gasteiger partial charge in [0, 0.05) is 0 Å². The first-order chi connectivity index (χ1) is 6.15. The summed E-state index contributed by atoms with van der Waals surface area (Å²) in [6.07, 6.45) is 2.92. The summed E-state index contributed by atoms with van der Waals surface area (Å²) in [5.41, 5.74) is 5.69. The van der Waals surface area contributed by atoms with Gasteiger partial charge in [-0.1, -0.05) is 0 Å². The molecule has 0 aromatic carbocycles. The summed E-state index contributed by atoms with van der Waals surface area (Å²) in [7, 11) is 1.35. The molecular formula is C9H18ClNO3. The van der Waals surface area contributed by atoms with Crippen molar-refractivity contribution in [1.29, 1.82) is 0 Å². The summed E-state index contributed by atoms with van der Waals surface area (Å²) < 4.78 is 4.57. The van der Waals surface area contributed by atoms with Crippen LogP contribution >= 0.6 is 12.4 Å². The number of halogens is 1. The highest BCUT2D eigenvalue weighted by Gasteiger charge is 2.29. The Labute approximate surface area is 90.2 Å². The molecule has 84 valence electrons. The lowest BCUT2D eigenvalue weighted by Gasteiger charge is -2.28. The van der Waals surface area contributed by atoms with E-state index in [1.54, 1.807) is 0 Å². The number of carbonyl (C=O) groups is 1. The zero-order valence-electron chi connectivity index (χ0n) is 8.31. The fraction of sp³-hybridized carbons (Fsp3) is 0.889. The van der Waals surface area contributed by atoms with E-state index < -0.39 is 6.04 Å². The second-order valence-corrected chi connectivity index (χ2v) is 3.62. The van der Waals surface area contributed by atoms with Crippen LogP contribution in [0.2, 0.25) is 0 Å². The van der Waals surface area contributed by atoms with Crippen LogP contribution in [0.15, 0.2) is 0 Å². The zero-order chi connectivity index (χ0) is 9.84. The molecule has 4 nitrogen and oxygen atoms in total. The first-order valence-corrected chi connectivity index (χ1v) is 4.66. The van der Waals surface area contributed by atoms with Crippen molar-refractivity contribution >= 4 is 18.4 Å². The number of aliphatic hydroxyl groups excluding tert-OH is 1. The molecule has 1 rings (SSSR count). The van der Waals surface area contributed by atoms with Crippen LogP contribution in [0.5, 0.6) is 0 Å². The van der Waals surface area contributed by atoms with Gasteiger partial charge in [-0.25, -0.2) is 0 Å². The van der Waals surface area contributed by atoms with E-state index in [1.165, 1.54) is 7.11 Å². The minimum Gasteiger partial charge on any atom is -0.468 e. The topological polar surface area (TPSA) is 72.5 Å². The Morgan fingerprint density at radius 3 is 2.36 bits per heavy atom. The van der Waals surface area contributed by atoms with Crippen LogP contribution in [-0.4, -0.2) is 30.3 Å². The van der Waals surface area contributed by atoms with Gasteiger partial charge in [0.2, 0.25) is 0 Å². The predicted molar refractivity (Wildman–Crippen MR) is 55.2 cm³/mol. The fourth-order valence-corrected chi connectivity index (χ4v) is 1.79. The van der Waals surface area contributed by atoms with Gasteiger partial charge in [-0.15, -0.1) is 12.4 Å². The number of carbonyl (C=O) groups excluding carboxylic acids is 1. The Kier molecular flexibility index (Phi) is 6.08. The van der Waals surface area contributed by atoms with Gasteiger partial charge in [0.05, 0.1) is 13.2 Å². The summed E-state index contributed by atoms with van der Waals surface area (Å²) in [5.74, 6) is -0.169. The van der Waals surface area contributed by atoms with E-state index in [2.05, 4.69) is 4.74 Å². The van der Waals surface area contributed by atoms with E-state index in [0.717, 1.165) is 25.7 Å². The lowest BCUT2D eigenvalue weighted by atomic mass is 9.83. The molecule has 1 fully saturated rings. The van der Waals surface area contributed by atoms with Crippen molar-refractivity contribution in [3.63, 3.8) is 0 Å². The van der Waals surface area contributed by atoms with Gasteiger partial charge in [-0.3, -0.25) is 4.79 Å². The van der Waals surface area contributed by atoms with Crippen molar-refractivity contribution in [1.82, 2.24) is 0 Å². The van der Waals surface area contributed by atoms with Gasteiger partial charge in [-0.05, 0) is 31.6 Å². The van der Waals surface area contributed by atoms with Crippen LogP contribution in [0, 0.1) is 5.92 Å². The Hall–Kier alpha value is -0.320. The maximum Gasteiger partial charge on any atom is 0.322 e. The molecule has 0 aliphatic heterocycles. The molecule has 0 saturated heterocycles. The maximum atomic E-state index is 11.1. The fourth-order valence-electron chi connectivity index (χ4n) is 1.79. The molecule has 3 N–H and O–H groups in total. The molecule has 0 spiro atoms. The Balaban J connectivity index is 0.00000169. The third kappa shape index (κ3) is 3.44. The third-order valence-electron chi connectivity index (χ3n) is 2.72. The largest absolute Gasteiger partial charge is 0.468 e. The third-order valence-corrected chi connectivity index (χ3v) is 2.72. The first kappa shape index (κ1) is 13.7. The highest BCUT2D eigenvalue weighted by molar-refractivity contribution is 5.85. The summed E-state index contributed by atoms with van der Waals surface area (Å²) in [4.78, 5) is 11.1. The van der Waals surface area contributed by atoms with E-state index >= 15 is 0 Å². The molecule has 0 radical (unpaired) electrons. The van der Waals surface area contributed by atoms with Gasteiger partial charge in [0.15, 0.2) is 0 Å². The quantitative estimate of drug-likeness (QED) is 0.668. The van der Waals surface area contributed by atoms with Crippen LogP contribution < -0.4 is 5.73 Å². The Morgan fingerprint density at radius 2 is 1.93 bits per heavy atom. The molecule has 1 unspecified atom stereocenters. The smallest absolute Gasteiger partial charge is 0.322 e. The molecule has 1 saturated carbocycles. The van der Waals surface area contributed by atoms with Gasteiger partial charge >= 0.3 is 5.97 Å². The van der Waals surface area contributed by atoms with Crippen molar-refractivity contribution in [2.45, 2.75) is 37.8 Å². The molecule has 0 amide bonds. The van der Waals surface area contributed by atoms with Crippen LogP contribution in [-0.2, 0) is 9.53 Å². The molecule has 1 aliphatic rings. The number of nitrogens with two attached hydrogens (primary N) is 1. The number of rotatable bonds is 2. The molecule has 1 atom stereocenters. The average Bonchev–Trinajstić information content (AvgIpc) is 2.17. The molecule has 5 heteroatoms. The molecule has 0 heterocycles. The van der Waals surface area contributed by atoms with Gasteiger partial charge in [0.25, 0.3) is 0 Å². The van der Waals surface area contributed by atoms with Gasteiger partial charge in [0.1, 0.15) is 6.04 Å². The van der Waals surface area contributed by atoms with Crippen molar-refractivity contribution in [2.24, 2.45) is 11.7 Å². The molecule has 1 aliphatic carbocycles. The summed E-state index contributed by atoms with van der Waals surface area (Å²) in [5, 5.41) is 9.25. The maximum absolute atomic E-state index is 11.1. The van der Waals surface area contributed by atoms with Gasteiger partial charge in [-0.2, -0.15) is 0 Å². The Morgan fingerprint density at radius 1 is 1.43 bits per heavy atom. The minimum absolute atomic E-state index is 0. The van der Waals surface area contributed by atoms with Crippen LogP contribution in [0.1, 0.15) is 25.7 Å². The first-order valence-electron chi connectivity index (χ1n) is 4.66. The number of hydrogen-bond donors (Lipinski definition) is 2. The molecular weight excluding hydrogens is 206 g/mol. The predicted octanol–water partition coefficient (Wildman–Crippen LogP) is 0.460. The second-order valence-electron chi connectivity index (χ2n) is 3.62. The van der Waals surface area contributed by atoms with Crippen molar-refractivity contribution < 1.29 is 14.6 Å². The highest BCUT2D eigenvalue weighted by atomic mass is 35.5. The normalized spacial score (nSPS) is 28.8. The molecule has 0 aromatic heterocycles. The van der Waals surface area contributed by atoms with Crippen LogP contribution in [0.4, 0.5) is 0 Å². The number of aliphatic hydroxyl groups is 1. The summed E-state index contributed by atoms with van der Waals surface area (Å²) in [6.45, 7) is 0. The van der Waals surface area contributed by atoms with Crippen molar-refractivity contribution in [3.05, 3.63) is 0 Å². The van der Waals surface area contributed by atoms with Crippen molar-refractivity contribution in [2.75, 3.05) is 7.11 Å². The van der Waals surface area contributed by atoms with E-state index in [9.17, 15) is 9.90 Å².